The molecule has 0 aromatic carbocycles. The maximum Gasteiger partial charge on any atom is 0.329 e. The number of carboxylic acid groups (broad SMARTS) is 1. The highest BCUT2D eigenvalue weighted by Gasteiger charge is 2.34. The highest BCUT2D eigenvalue weighted by molar-refractivity contribution is 5.95. The molecule has 1 aliphatic rings. The van der Waals surface area contributed by atoms with Gasteiger partial charge in [-0.2, -0.15) is 0 Å². The fraction of sp³-hybridized carbons (Fsp3) is 0.600. The second-order valence-corrected chi connectivity index (χ2v) is 3.65. The maximum absolute atomic E-state index is 11.6. The van der Waals surface area contributed by atoms with Gasteiger partial charge in [0.1, 0.15) is 25.0 Å². The number of aliphatic carboxylic acids is 1. The Hall–Kier alpha value is -1.72. The van der Waals surface area contributed by atoms with Crippen molar-refractivity contribution in [3.05, 3.63) is 12.0 Å². The average molecular weight is 229 g/mol. The van der Waals surface area contributed by atoms with Crippen LogP contribution in [0, 0.1) is 0 Å². The van der Waals surface area contributed by atoms with E-state index >= 15 is 0 Å². The molecule has 2 N–H and O–H groups in total. The van der Waals surface area contributed by atoms with Crippen LogP contribution in [0.3, 0.4) is 0 Å². The van der Waals surface area contributed by atoms with Crippen LogP contribution in [0.1, 0.15) is 20.3 Å². The fourth-order valence-electron chi connectivity index (χ4n) is 1.09. The Morgan fingerprint density at radius 1 is 1.56 bits per heavy atom. The van der Waals surface area contributed by atoms with Gasteiger partial charge in [0.25, 0.3) is 5.91 Å². The van der Waals surface area contributed by atoms with Gasteiger partial charge in [0.2, 0.25) is 5.76 Å². The van der Waals surface area contributed by atoms with E-state index in [1.54, 1.807) is 6.92 Å². The zero-order valence-electron chi connectivity index (χ0n) is 9.28. The predicted octanol–water partition coefficient (Wildman–Crippen LogP) is 0.244. The number of nitrogens with one attached hydrogen (secondary N) is 1. The minimum atomic E-state index is -1.29. The van der Waals surface area contributed by atoms with Crippen LogP contribution in [-0.2, 0) is 19.1 Å². The van der Waals surface area contributed by atoms with Gasteiger partial charge in [-0.1, -0.05) is 6.92 Å². The van der Waals surface area contributed by atoms with E-state index in [2.05, 4.69) is 5.32 Å². The van der Waals surface area contributed by atoms with Crippen molar-refractivity contribution in [2.45, 2.75) is 25.8 Å². The first-order valence-electron chi connectivity index (χ1n) is 5.00. The van der Waals surface area contributed by atoms with Crippen molar-refractivity contribution in [1.82, 2.24) is 5.32 Å². The van der Waals surface area contributed by atoms with Crippen molar-refractivity contribution < 1.29 is 24.2 Å². The van der Waals surface area contributed by atoms with Crippen molar-refractivity contribution in [3.63, 3.8) is 0 Å². The number of amides is 1. The largest absolute Gasteiger partial charge is 0.494 e. The first kappa shape index (κ1) is 12.4. The maximum atomic E-state index is 11.6. The van der Waals surface area contributed by atoms with Gasteiger partial charge in [0.15, 0.2) is 0 Å². The lowest BCUT2D eigenvalue weighted by atomic mass is 9.99. The van der Waals surface area contributed by atoms with Gasteiger partial charge < -0.3 is 19.9 Å². The third-order valence-electron chi connectivity index (χ3n) is 2.44. The molecule has 1 heterocycles. The molecule has 6 nitrogen and oxygen atoms in total. The monoisotopic (exact) mass is 229 g/mol. The van der Waals surface area contributed by atoms with E-state index < -0.39 is 17.4 Å². The third kappa shape index (κ3) is 2.65. The standard InChI is InChI=1S/C10H15NO5/c1-3-10(2,9(13)14)11-8(12)7-6-15-4-5-16-7/h6H,3-5H2,1-2H3,(H,11,12)(H,13,14). The fourth-order valence-corrected chi connectivity index (χ4v) is 1.09. The highest BCUT2D eigenvalue weighted by atomic mass is 16.6. The molecule has 16 heavy (non-hydrogen) atoms. The van der Waals surface area contributed by atoms with E-state index in [1.165, 1.54) is 13.2 Å². The number of hydrogen-bond donors (Lipinski definition) is 2. The normalized spacial score (nSPS) is 18.5. The molecule has 0 saturated heterocycles. The molecular weight excluding hydrogens is 214 g/mol. The van der Waals surface area contributed by atoms with Crippen LogP contribution in [0.15, 0.2) is 12.0 Å². The molecule has 0 saturated carbocycles. The van der Waals surface area contributed by atoms with Crippen LogP contribution >= 0.6 is 0 Å². The lowest BCUT2D eigenvalue weighted by Gasteiger charge is -2.25. The Bertz CT molecular complexity index is 325. The smallest absolute Gasteiger partial charge is 0.329 e. The molecule has 1 aliphatic heterocycles. The molecule has 90 valence electrons. The predicted molar refractivity (Wildman–Crippen MR) is 54.5 cm³/mol. The molecule has 1 unspecified atom stereocenters. The Balaban J connectivity index is 2.69. The van der Waals surface area contributed by atoms with Crippen molar-refractivity contribution in [3.8, 4) is 0 Å². The first-order valence-corrected chi connectivity index (χ1v) is 5.00. The number of rotatable bonds is 4. The zero-order chi connectivity index (χ0) is 12.2. The van der Waals surface area contributed by atoms with Crippen molar-refractivity contribution in [1.29, 1.82) is 0 Å². The molecule has 0 radical (unpaired) electrons. The third-order valence-corrected chi connectivity index (χ3v) is 2.44. The second-order valence-electron chi connectivity index (χ2n) is 3.65. The second kappa shape index (κ2) is 4.87. The Morgan fingerprint density at radius 2 is 2.25 bits per heavy atom. The highest BCUT2D eigenvalue weighted by Crippen LogP contribution is 2.12. The van der Waals surface area contributed by atoms with Gasteiger partial charge in [0.05, 0.1) is 0 Å². The molecule has 6 heteroatoms. The summed E-state index contributed by atoms with van der Waals surface area (Å²) in [6.45, 7) is 3.80. The van der Waals surface area contributed by atoms with Crippen LogP contribution in [-0.4, -0.2) is 35.7 Å². The molecule has 0 bridgehead atoms. The van der Waals surface area contributed by atoms with Crippen molar-refractivity contribution in [2.24, 2.45) is 0 Å². The summed E-state index contributed by atoms with van der Waals surface area (Å²) in [7, 11) is 0. The topological polar surface area (TPSA) is 84.9 Å². The molecule has 0 aliphatic carbocycles. The van der Waals surface area contributed by atoms with E-state index in [4.69, 9.17) is 14.6 Å². The summed E-state index contributed by atoms with van der Waals surface area (Å²) >= 11 is 0. The quantitative estimate of drug-likeness (QED) is 0.721. The summed E-state index contributed by atoms with van der Waals surface area (Å²) < 4.78 is 9.96. The van der Waals surface area contributed by atoms with E-state index in [1.807, 2.05) is 0 Å². The molecule has 1 atom stereocenters. The summed E-state index contributed by atoms with van der Waals surface area (Å²) in [5.74, 6) is -1.65. The number of carbonyl (C=O) groups excluding carboxylic acids is 1. The summed E-state index contributed by atoms with van der Waals surface area (Å²) in [6.07, 6.45) is 1.47. The Morgan fingerprint density at radius 3 is 2.69 bits per heavy atom. The molecule has 0 aromatic rings. The molecule has 1 amide bonds. The van der Waals surface area contributed by atoms with Gasteiger partial charge in [-0.05, 0) is 13.3 Å². The summed E-state index contributed by atoms with van der Waals surface area (Å²) in [5.41, 5.74) is -1.29. The van der Waals surface area contributed by atoms with Crippen LogP contribution in [0.2, 0.25) is 0 Å². The van der Waals surface area contributed by atoms with Gasteiger partial charge in [-0.25, -0.2) is 4.79 Å². The van der Waals surface area contributed by atoms with Crippen LogP contribution in [0.4, 0.5) is 0 Å². The van der Waals surface area contributed by atoms with E-state index in [0.29, 0.717) is 6.61 Å². The van der Waals surface area contributed by atoms with Gasteiger partial charge >= 0.3 is 5.97 Å². The number of carbonyl (C=O) groups is 2. The molecule has 0 spiro atoms. The van der Waals surface area contributed by atoms with Crippen LogP contribution in [0.25, 0.3) is 0 Å². The van der Waals surface area contributed by atoms with Crippen molar-refractivity contribution in [2.75, 3.05) is 13.2 Å². The average Bonchev–Trinajstić information content (AvgIpc) is 2.29. The lowest BCUT2D eigenvalue weighted by Crippen LogP contribution is -2.52. The van der Waals surface area contributed by atoms with Crippen molar-refractivity contribution >= 4 is 11.9 Å². The Labute approximate surface area is 93.2 Å². The first-order chi connectivity index (χ1) is 7.49. The summed E-state index contributed by atoms with van der Waals surface area (Å²) in [6, 6.07) is 0. The molecule has 0 fully saturated rings. The Kier molecular flexibility index (Phi) is 3.76. The zero-order valence-corrected chi connectivity index (χ0v) is 9.28. The number of ether oxygens (including phenoxy) is 2. The lowest BCUT2D eigenvalue weighted by molar-refractivity contribution is -0.147. The van der Waals surface area contributed by atoms with Gasteiger partial charge in [-0.3, -0.25) is 4.79 Å². The molecular formula is C10H15NO5. The minimum Gasteiger partial charge on any atom is -0.494 e. The summed E-state index contributed by atoms with van der Waals surface area (Å²) in [4.78, 5) is 22.6. The van der Waals surface area contributed by atoms with Gasteiger partial charge in [-0.15, -0.1) is 0 Å². The molecule has 0 aromatic heterocycles. The van der Waals surface area contributed by atoms with Gasteiger partial charge in [0, 0.05) is 0 Å². The van der Waals surface area contributed by atoms with Crippen LogP contribution in [0.5, 0.6) is 0 Å². The minimum absolute atomic E-state index is 0.00664. The summed E-state index contributed by atoms with van der Waals surface area (Å²) in [5, 5.41) is 11.4. The number of hydrogen-bond acceptors (Lipinski definition) is 4. The van der Waals surface area contributed by atoms with E-state index in [-0.39, 0.29) is 18.8 Å². The van der Waals surface area contributed by atoms with E-state index in [0.717, 1.165) is 0 Å². The van der Waals surface area contributed by atoms with Crippen LogP contribution < -0.4 is 5.32 Å². The molecule has 1 rings (SSSR count). The van der Waals surface area contributed by atoms with E-state index in [9.17, 15) is 9.59 Å². The SMILES string of the molecule is CCC(C)(NC(=O)C1=COCCO1)C(=O)O. The number of carboxylic acids is 1.